The molecular weight excluding hydrogens is 470 g/mol. The molecule has 1 aliphatic carbocycles. The maximum absolute atomic E-state index is 13.6. The second-order valence-electron chi connectivity index (χ2n) is 8.49. The lowest BCUT2D eigenvalue weighted by Crippen LogP contribution is -2.34. The number of nitrogens with zero attached hydrogens (tertiary/aromatic N) is 2. The van der Waals surface area contributed by atoms with Crippen LogP contribution in [-0.2, 0) is 9.53 Å². The minimum Gasteiger partial charge on any atom is -0.451 e. The summed E-state index contributed by atoms with van der Waals surface area (Å²) in [6.07, 6.45) is 4.44. The number of ether oxygens (including phenoxy) is 1. The van der Waals surface area contributed by atoms with Crippen molar-refractivity contribution in [3.05, 3.63) is 99.3 Å². The number of amides is 1. The highest BCUT2D eigenvalue weighted by molar-refractivity contribution is 7.11. The van der Waals surface area contributed by atoms with E-state index in [1.807, 2.05) is 6.08 Å². The van der Waals surface area contributed by atoms with Crippen LogP contribution in [0.2, 0.25) is 0 Å². The molecule has 2 aromatic carbocycles. The first kappa shape index (κ1) is 23.1. The third kappa shape index (κ3) is 4.93. The largest absolute Gasteiger partial charge is 0.451 e. The van der Waals surface area contributed by atoms with E-state index in [4.69, 9.17) is 9.84 Å². The molecule has 0 saturated heterocycles. The quantitative estimate of drug-likeness (QED) is 0.410. The Morgan fingerprint density at radius 2 is 1.77 bits per heavy atom. The number of hydrazone groups is 1. The first-order chi connectivity index (χ1) is 17.0. The molecule has 0 N–H and O–H groups in total. The Labute approximate surface area is 205 Å². The van der Waals surface area contributed by atoms with Gasteiger partial charge in [0.15, 0.2) is 6.61 Å². The van der Waals surface area contributed by atoms with Gasteiger partial charge in [0.1, 0.15) is 16.5 Å². The van der Waals surface area contributed by atoms with Crippen LogP contribution in [0.15, 0.2) is 76.7 Å². The average molecular weight is 493 g/mol. The lowest BCUT2D eigenvalue weighted by Gasteiger charge is -2.29. The second kappa shape index (κ2) is 9.92. The van der Waals surface area contributed by atoms with Crippen molar-refractivity contribution in [1.29, 1.82) is 0 Å². The molecule has 0 radical (unpaired) electrons. The van der Waals surface area contributed by atoms with E-state index in [1.54, 1.807) is 41.8 Å². The van der Waals surface area contributed by atoms with Gasteiger partial charge in [0.25, 0.3) is 5.91 Å². The predicted octanol–water partition coefficient (Wildman–Crippen LogP) is 6.01. The molecule has 1 fully saturated rings. The van der Waals surface area contributed by atoms with Crippen molar-refractivity contribution < 1.29 is 23.1 Å². The molecule has 178 valence electrons. The molecule has 1 aromatic heterocycles. The van der Waals surface area contributed by atoms with E-state index >= 15 is 0 Å². The standard InChI is InChI=1S/C27H22F2N2O3S/c28-20-10-6-17(7-11-20)15-19-3-1-4-22-25(19)30-31(26(22)18-8-12-21(29)13-9-18)24(32)16-34-27(33)23-5-2-14-35-23/h2,5-15,22,26H,1,3-4,16H2/b19-15+. The molecule has 5 rings (SSSR count). The number of hydrogen-bond donors (Lipinski definition) is 0. The molecule has 0 bridgehead atoms. The molecule has 1 amide bonds. The first-order valence-corrected chi connectivity index (χ1v) is 12.2. The van der Waals surface area contributed by atoms with E-state index < -0.39 is 24.5 Å². The zero-order valence-electron chi connectivity index (χ0n) is 18.7. The van der Waals surface area contributed by atoms with Crippen LogP contribution in [0.25, 0.3) is 6.08 Å². The van der Waals surface area contributed by atoms with Crippen molar-refractivity contribution in [3.8, 4) is 0 Å². The van der Waals surface area contributed by atoms with Crippen molar-refractivity contribution in [1.82, 2.24) is 5.01 Å². The zero-order valence-corrected chi connectivity index (χ0v) is 19.5. The van der Waals surface area contributed by atoms with Crippen LogP contribution in [0.4, 0.5) is 8.78 Å². The van der Waals surface area contributed by atoms with Crippen molar-refractivity contribution in [2.24, 2.45) is 11.0 Å². The molecule has 5 nitrogen and oxygen atoms in total. The molecule has 1 saturated carbocycles. The number of thiophene rings is 1. The summed E-state index contributed by atoms with van der Waals surface area (Å²) in [7, 11) is 0. The number of rotatable bonds is 5. The van der Waals surface area contributed by atoms with Crippen LogP contribution >= 0.6 is 11.3 Å². The Balaban J connectivity index is 1.45. The lowest BCUT2D eigenvalue weighted by atomic mass is 9.77. The third-order valence-corrected chi connectivity index (χ3v) is 7.08. The average Bonchev–Trinajstić information content (AvgIpc) is 3.53. The fourth-order valence-corrected chi connectivity index (χ4v) is 5.24. The molecule has 2 heterocycles. The molecule has 2 aliphatic rings. The highest BCUT2D eigenvalue weighted by Gasteiger charge is 2.43. The molecule has 8 heteroatoms. The highest BCUT2D eigenvalue weighted by Crippen LogP contribution is 2.44. The molecule has 0 spiro atoms. The Morgan fingerprint density at radius 3 is 2.46 bits per heavy atom. The Morgan fingerprint density at radius 1 is 1.06 bits per heavy atom. The number of hydrogen-bond acceptors (Lipinski definition) is 5. The normalized spacial score (nSPS) is 20.5. The summed E-state index contributed by atoms with van der Waals surface area (Å²) >= 11 is 1.24. The smallest absolute Gasteiger partial charge is 0.348 e. The van der Waals surface area contributed by atoms with Gasteiger partial charge in [-0.25, -0.2) is 18.6 Å². The van der Waals surface area contributed by atoms with Gasteiger partial charge < -0.3 is 4.74 Å². The lowest BCUT2D eigenvalue weighted by molar-refractivity contribution is -0.137. The van der Waals surface area contributed by atoms with E-state index in [2.05, 4.69) is 0 Å². The van der Waals surface area contributed by atoms with Gasteiger partial charge in [-0.3, -0.25) is 4.79 Å². The van der Waals surface area contributed by atoms with Crippen LogP contribution in [0.1, 0.15) is 46.1 Å². The van der Waals surface area contributed by atoms with Crippen LogP contribution in [0.3, 0.4) is 0 Å². The fraction of sp³-hybridized carbons (Fsp3) is 0.222. The molecule has 35 heavy (non-hydrogen) atoms. The minimum atomic E-state index is -0.562. The van der Waals surface area contributed by atoms with E-state index in [9.17, 15) is 18.4 Å². The number of halogens is 2. The predicted molar refractivity (Wildman–Crippen MR) is 130 cm³/mol. The summed E-state index contributed by atoms with van der Waals surface area (Å²) in [5.74, 6) is -1.77. The number of carbonyl (C=O) groups excluding carboxylic acids is 2. The van der Waals surface area contributed by atoms with E-state index in [0.717, 1.165) is 41.7 Å². The van der Waals surface area contributed by atoms with Gasteiger partial charge in [-0.05, 0) is 77.8 Å². The number of carbonyl (C=O) groups is 2. The topological polar surface area (TPSA) is 59.0 Å². The van der Waals surface area contributed by atoms with Crippen molar-refractivity contribution in [2.45, 2.75) is 25.3 Å². The summed E-state index contributed by atoms with van der Waals surface area (Å²) in [6.45, 7) is -0.449. The zero-order chi connectivity index (χ0) is 24.4. The summed E-state index contributed by atoms with van der Waals surface area (Å²) in [6, 6.07) is 15.2. The van der Waals surface area contributed by atoms with Gasteiger partial charge in [-0.15, -0.1) is 11.3 Å². The van der Waals surface area contributed by atoms with Gasteiger partial charge in [0.2, 0.25) is 0 Å². The fourth-order valence-electron chi connectivity index (χ4n) is 4.62. The highest BCUT2D eigenvalue weighted by atomic mass is 32.1. The van der Waals surface area contributed by atoms with Gasteiger partial charge in [0.05, 0.1) is 11.8 Å². The summed E-state index contributed by atoms with van der Waals surface area (Å²) in [5, 5.41) is 7.83. The minimum absolute atomic E-state index is 0.0853. The van der Waals surface area contributed by atoms with Crippen LogP contribution in [0, 0.1) is 17.6 Å². The summed E-state index contributed by atoms with van der Waals surface area (Å²) < 4.78 is 32.2. The van der Waals surface area contributed by atoms with Gasteiger partial charge in [-0.2, -0.15) is 5.10 Å². The van der Waals surface area contributed by atoms with E-state index in [0.29, 0.717) is 4.88 Å². The Bertz CT molecular complexity index is 1280. The molecule has 2 atom stereocenters. The van der Waals surface area contributed by atoms with E-state index in [1.165, 1.54) is 40.6 Å². The monoisotopic (exact) mass is 492 g/mol. The number of fused-ring (bicyclic) bond motifs is 1. The summed E-state index contributed by atoms with van der Waals surface area (Å²) in [4.78, 5) is 25.9. The SMILES string of the molecule is O=C(OCC(=O)N1N=C2/C(=C/c3ccc(F)cc3)CCCC2C1c1ccc(F)cc1)c1cccs1. The van der Waals surface area contributed by atoms with Gasteiger partial charge in [0, 0.05) is 5.92 Å². The van der Waals surface area contributed by atoms with Crippen molar-refractivity contribution in [3.63, 3.8) is 0 Å². The third-order valence-electron chi connectivity index (χ3n) is 6.23. The van der Waals surface area contributed by atoms with Gasteiger partial charge in [-0.1, -0.05) is 30.3 Å². The van der Waals surface area contributed by atoms with Gasteiger partial charge >= 0.3 is 5.97 Å². The molecule has 3 aromatic rings. The molecule has 1 aliphatic heterocycles. The van der Waals surface area contributed by atoms with E-state index in [-0.39, 0.29) is 17.6 Å². The first-order valence-electron chi connectivity index (χ1n) is 11.3. The number of benzene rings is 2. The van der Waals surface area contributed by atoms with Crippen LogP contribution in [-0.4, -0.2) is 29.2 Å². The Kier molecular flexibility index (Phi) is 6.55. The van der Waals surface area contributed by atoms with Crippen LogP contribution < -0.4 is 0 Å². The van der Waals surface area contributed by atoms with Crippen molar-refractivity contribution >= 4 is 35.0 Å². The Hall–Kier alpha value is -3.65. The molecular formula is C27H22F2N2O3S. The maximum atomic E-state index is 13.6. The van der Waals surface area contributed by atoms with Crippen LogP contribution in [0.5, 0.6) is 0 Å². The maximum Gasteiger partial charge on any atom is 0.348 e. The molecule has 2 unspecified atom stereocenters. The summed E-state index contributed by atoms with van der Waals surface area (Å²) in [5.41, 5.74) is 3.37. The second-order valence-corrected chi connectivity index (χ2v) is 9.44. The van der Waals surface area contributed by atoms with Crippen molar-refractivity contribution in [2.75, 3.05) is 6.61 Å². The number of esters is 1. The number of allylic oxidation sites excluding steroid dienone is 1.